The predicted molar refractivity (Wildman–Crippen MR) is 58.6 cm³/mol. The van der Waals surface area contributed by atoms with E-state index in [0.717, 1.165) is 12.3 Å². The minimum absolute atomic E-state index is 0.242. The van der Waals surface area contributed by atoms with Crippen molar-refractivity contribution in [2.75, 3.05) is 7.11 Å². The predicted octanol–water partition coefficient (Wildman–Crippen LogP) is 2.56. The molecule has 3 atom stereocenters. The van der Waals surface area contributed by atoms with Gasteiger partial charge in [0, 0.05) is 6.04 Å². The molecule has 2 bridgehead atoms. The highest BCUT2D eigenvalue weighted by Gasteiger charge is 2.61. The molecule has 15 heavy (non-hydrogen) atoms. The van der Waals surface area contributed by atoms with Crippen LogP contribution in [0.15, 0.2) is 0 Å². The highest BCUT2D eigenvalue weighted by Crippen LogP contribution is 2.65. The molecular weight excluding hydrogens is 190 g/mol. The number of methoxy groups -OCH3 is 1. The van der Waals surface area contributed by atoms with E-state index in [1.54, 1.807) is 0 Å². The van der Waals surface area contributed by atoms with Crippen molar-refractivity contribution < 1.29 is 9.53 Å². The van der Waals surface area contributed by atoms with Crippen LogP contribution in [-0.4, -0.2) is 19.2 Å². The summed E-state index contributed by atoms with van der Waals surface area (Å²) in [5, 5.41) is 2.99. The third-order valence-corrected chi connectivity index (χ3v) is 5.27. The van der Waals surface area contributed by atoms with E-state index >= 15 is 0 Å². The van der Waals surface area contributed by atoms with Gasteiger partial charge in [0.05, 0.1) is 7.11 Å². The molecule has 0 aliphatic heterocycles. The third kappa shape index (κ3) is 1.28. The van der Waals surface area contributed by atoms with E-state index in [4.69, 9.17) is 0 Å². The van der Waals surface area contributed by atoms with Crippen LogP contribution in [0.1, 0.15) is 40.0 Å². The first-order chi connectivity index (χ1) is 6.91. The summed E-state index contributed by atoms with van der Waals surface area (Å²) in [6, 6.07) is 0.290. The van der Waals surface area contributed by atoms with Gasteiger partial charge in [-0.25, -0.2) is 4.79 Å². The van der Waals surface area contributed by atoms with Crippen molar-refractivity contribution in [2.45, 2.75) is 46.1 Å². The van der Waals surface area contributed by atoms with Crippen molar-refractivity contribution >= 4 is 6.09 Å². The fourth-order valence-corrected chi connectivity index (χ4v) is 3.62. The van der Waals surface area contributed by atoms with Gasteiger partial charge >= 0.3 is 6.09 Å². The maximum atomic E-state index is 11.3. The van der Waals surface area contributed by atoms with Crippen molar-refractivity contribution in [1.29, 1.82) is 0 Å². The van der Waals surface area contributed by atoms with Gasteiger partial charge < -0.3 is 10.1 Å². The Kier molecular flexibility index (Phi) is 2.25. The summed E-state index contributed by atoms with van der Waals surface area (Å²) in [5.74, 6) is 0.754. The SMILES string of the molecule is COC(=O)NC1CC2CCC1(C)C2(C)C. The van der Waals surface area contributed by atoms with E-state index in [2.05, 4.69) is 30.8 Å². The van der Waals surface area contributed by atoms with Gasteiger partial charge in [-0.1, -0.05) is 20.8 Å². The number of carbonyl (C=O) groups excluding carboxylic acids is 1. The summed E-state index contributed by atoms with van der Waals surface area (Å²) in [7, 11) is 1.43. The molecule has 2 aliphatic rings. The highest BCUT2D eigenvalue weighted by atomic mass is 16.5. The lowest BCUT2D eigenvalue weighted by atomic mass is 9.69. The van der Waals surface area contributed by atoms with Gasteiger partial charge in [0.2, 0.25) is 0 Å². The van der Waals surface area contributed by atoms with E-state index in [-0.39, 0.29) is 11.5 Å². The second kappa shape index (κ2) is 3.13. The van der Waals surface area contributed by atoms with E-state index in [1.165, 1.54) is 20.0 Å². The monoisotopic (exact) mass is 211 g/mol. The van der Waals surface area contributed by atoms with Crippen molar-refractivity contribution in [1.82, 2.24) is 5.32 Å². The number of alkyl carbamates (subject to hydrolysis) is 1. The molecule has 3 heteroatoms. The number of rotatable bonds is 1. The number of hydrogen-bond donors (Lipinski definition) is 1. The maximum Gasteiger partial charge on any atom is 0.407 e. The Labute approximate surface area is 91.6 Å². The van der Waals surface area contributed by atoms with Crippen molar-refractivity contribution in [3.05, 3.63) is 0 Å². The standard InChI is InChI=1S/C12H21NO2/c1-11(2)8-5-6-12(11,3)9(7-8)13-10(14)15-4/h8-9H,5-7H2,1-4H3,(H,13,14). The molecule has 0 heterocycles. The molecule has 2 fully saturated rings. The first-order valence-electron chi connectivity index (χ1n) is 5.76. The van der Waals surface area contributed by atoms with Gasteiger partial charge in [-0.2, -0.15) is 0 Å². The Bertz CT molecular complexity index is 287. The molecule has 3 unspecified atom stereocenters. The van der Waals surface area contributed by atoms with Crippen LogP contribution in [0.5, 0.6) is 0 Å². The Balaban J connectivity index is 2.15. The van der Waals surface area contributed by atoms with Crippen molar-refractivity contribution in [3.8, 4) is 0 Å². The molecule has 0 spiro atoms. The van der Waals surface area contributed by atoms with E-state index in [1.807, 2.05) is 0 Å². The maximum absolute atomic E-state index is 11.3. The second-order valence-electron chi connectivity index (χ2n) is 5.80. The zero-order chi connectivity index (χ0) is 11.3. The molecule has 0 aromatic heterocycles. The molecule has 2 saturated carbocycles. The summed E-state index contributed by atoms with van der Waals surface area (Å²) in [6.45, 7) is 6.98. The lowest BCUT2D eigenvalue weighted by molar-refractivity contribution is 0.110. The van der Waals surface area contributed by atoms with Gasteiger partial charge in [0.25, 0.3) is 0 Å². The van der Waals surface area contributed by atoms with Gasteiger partial charge in [0.15, 0.2) is 0 Å². The minimum atomic E-state index is -0.287. The summed E-state index contributed by atoms with van der Waals surface area (Å²) < 4.78 is 4.68. The van der Waals surface area contributed by atoms with Gasteiger partial charge in [-0.15, -0.1) is 0 Å². The molecule has 0 aromatic rings. The Morgan fingerprint density at radius 1 is 1.40 bits per heavy atom. The number of amides is 1. The van der Waals surface area contributed by atoms with Crippen LogP contribution < -0.4 is 5.32 Å². The van der Waals surface area contributed by atoms with Gasteiger partial charge in [-0.05, 0) is 36.0 Å². The smallest absolute Gasteiger partial charge is 0.407 e. The van der Waals surface area contributed by atoms with E-state index < -0.39 is 0 Å². The van der Waals surface area contributed by atoms with Crippen LogP contribution in [0.4, 0.5) is 4.79 Å². The zero-order valence-corrected chi connectivity index (χ0v) is 10.1. The molecular formula is C12H21NO2. The van der Waals surface area contributed by atoms with Crippen LogP contribution in [-0.2, 0) is 4.74 Å². The van der Waals surface area contributed by atoms with Gasteiger partial charge in [-0.3, -0.25) is 0 Å². The summed E-state index contributed by atoms with van der Waals surface area (Å²) in [6.07, 6.45) is 3.35. The van der Waals surface area contributed by atoms with E-state index in [9.17, 15) is 4.79 Å². The molecule has 1 amide bonds. The molecule has 1 N–H and O–H groups in total. The number of nitrogens with one attached hydrogen (secondary N) is 1. The van der Waals surface area contributed by atoms with Crippen LogP contribution in [0.3, 0.4) is 0 Å². The third-order valence-electron chi connectivity index (χ3n) is 5.27. The van der Waals surface area contributed by atoms with Crippen LogP contribution in [0.2, 0.25) is 0 Å². The largest absolute Gasteiger partial charge is 0.453 e. The van der Waals surface area contributed by atoms with Crippen LogP contribution in [0.25, 0.3) is 0 Å². The van der Waals surface area contributed by atoms with Crippen molar-refractivity contribution in [2.24, 2.45) is 16.7 Å². The minimum Gasteiger partial charge on any atom is -0.453 e. The fraction of sp³-hybridized carbons (Fsp3) is 0.917. The number of carbonyl (C=O) groups is 1. The second-order valence-corrected chi connectivity index (χ2v) is 5.80. The number of hydrogen-bond acceptors (Lipinski definition) is 2. The topological polar surface area (TPSA) is 38.3 Å². The van der Waals surface area contributed by atoms with E-state index in [0.29, 0.717) is 11.5 Å². The number of fused-ring (bicyclic) bond motifs is 2. The van der Waals surface area contributed by atoms with Crippen molar-refractivity contribution in [3.63, 3.8) is 0 Å². The molecule has 0 saturated heterocycles. The fourth-order valence-electron chi connectivity index (χ4n) is 3.62. The summed E-state index contributed by atoms with van der Waals surface area (Å²) in [5.41, 5.74) is 0.588. The molecule has 0 aromatic carbocycles. The Morgan fingerprint density at radius 2 is 2.07 bits per heavy atom. The quantitative estimate of drug-likeness (QED) is 0.724. The Morgan fingerprint density at radius 3 is 2.47 bits per heavy atom. The Hall–Kier alpha value is -0.730. The zero-order valence-electron chi connectivity index (χ0n) is 10.1. The van der Waals surface area contributed by atoms with Gasteiger partial charge in [0.1, 0.15) is 0 Å². The molecule has 0 radical (unpaired) electrons. The van der Waals surface area contributed by atoms with Crippen LogP contribution >= 0.6 is 0 Å². The molecule has 2 rings (SSSR count). The first-order valence-corrected chi connectivity index (χ1v) is 5.76. The highest BCUT2D eigenvalue weighted by molar-refractivity contribution is 5.67. The molecule has 3 nitrogen and oxygen atoms in total. The first kappa shape index (κ1) is 10.8. The molecule has 86 valence electrons. The lowest BCUT2D eigenvalue weighted by Gasteiger charge is -2.39. The van der Waals surface area contributed by atoms with Crippen LogP contribution in [0, 0.1) is 16.7 Å². The lowest BCUT2D eigenvalue weighted by Crippen LogP contribution is -2.46. The average Bonchev–Trinajstić information content (AvgIpc) is 2.50. The summed E-state index contributed by atoms with van der Waals surface area (Å²) in [4.78, 5) is 11.3. The average molecular weight is 211 g/mol. The summed E-state index contributed by atoms with van der Waals surface area (Å²) >= 11 is 0. The molecule has 2 aliphatic carbocycles. The normalized spacial score (nSPS) is 41.6. The number of ether oxygens (including phenoxy) is 1.